The number of aliphatic imine (C=N–C) groups is 1. The molecular weight excluding hydrogens is 316 g/mol. The second-order valence-corrected chi connectivity index (χ2v) is 4.99. The third-order valence-corrected chi connectivity index (χ3v) is 3.38. The first-order valence-corrected chi connectivity index (χ1v) is 6.90. The van der Waals surface area contributed by atoms with Gasteiger partial charge in [-0.25, -0.2) is 14.8 Å². The summed E-state index contributed by atoms with van der Waals surface area (Å²) in [5.41, 5.74) is 0.261. The fourth-order valence-corrected chi connectivity index (χ4v) is 2.21. The van der Waals surface area contributed by atoms with Crippen molar-refractivity contribution < 1.29 is 9.53 Å². The number of rotatable bonds is 2. The lowest BCUT2D eigenvalue weighted by atomic mass is 10.1. The minimum absolute atomic E-state index is 0.0524. The fourth-order valence-electron chi connectivity index (χ4n) is 1.97. The monoisotopic (exact) mass is 324 g/mol. The van der Waals surface area contributed by atoms with Crippen LogP contribution in [-0.4, -0.2) is 26.8 Å². The summed E-state index contributed by atoms with van der Waals surface area (Å²) in [5, 5.41) is 9.26. The molecule has 1 aromatic heterocycles. The zero-order valence-corrected chi connectivity index (χ0v) is 12.3. The normalized spacial score (nSPS) is 17.9. The number of cyclic esters (lactones) is 1. The smallest absolute Gasteiger partial charge is 0.337 e. The number of para-hydroxylation sites is 1. The van der Waals surface area contributed by atoms with Crippen molar-refractivity contribution in [2.45, 2.75) is 0 Å². The molecule has 0 bridgehead atoms. The number of hydrogen-bond donors (Lipinski definition) is 1. The minimum Gasteiger partial charge on any atom is -0.406 e. The molecule has 0 amide bonds. The Kier molecular flexibility index (Phi) is 3.78. The van der Waals surface area contributed by atoms with Gasteiger partial charge in [0.25, 0.3) is 5.56 Å². The summed E-state index contributed by atoms with van der Waals surface area (Å²) in [6.07, 6.45) is 2.79. The molecule has 1 aliphatic rings. The first-order valence-electron chi connectivity index (χ1n) is 6.49. The van der Waals surface area contributed by atoms with Gasteiger partial charge in [-0.05, 0) is 18.2 Å². The highest BCUT2D eigenvalue weighted by molar-refractivity contribution is 7.80. The number of thiocarbonyl (C=S) groups is 1. The topological polar surface area (TPSA) is 108 Å². The highest BCUT2D eigenvalue weighted by atomic mass is 32.1. The molecule has 112 valence electrons. The molecule has 0 radical (unpaired) electrons. The summed E-state index contributed by atoms with van der Waals surface area (Å²) in [4.78, 5) is 34.2. The van der Waals surface area contributed by atoms with Crippen LogP contribution < -0.4 is 5.56 Å². The summed E-state index contributed by atoms with van der Waals surface area (Å²) in [6.45, 7) is 0. The Morgan fingerprint density at radius 3 is 2.83 bits per heavy atom. The summed E-state index contributed by atoms with van der Waals surface area (Å²) >= 11 is 4.88. The van der Waals surface area contributed by atoms with Crippen molar-refractivity contribution in [3.8, 4) is 6.07 Å². The van der Waals surface area contributed by atoms with E-state index in [1.54, 1.807) is 30.3 Å². The first-order chi connectivity index (χ1) is 11.1. The van der Waals surface area contributed by atoms with E-state index in [0.29, 0.717) is 10.9 Å². The van der Waals surface area contributed by atoms with Gasteiger partial charge in [0.1, 0.15) is 10.8 Å². The second kappa shape index (κ2) is 5.90. The Bertz CT molecular complexity index is 984. The average molecular weight is 324 g/mol. The third kappa shape index (κ3) is 2.90. The van der Waals surface area contributed by atoms with Crippen molar-refractivity contribution in [1.82, 2.24) is 9.97 Å². The van der Waals surface area contributed by atoms with Crippen LogP contribution in [-0.2, 0) is 9.53 Å². The quantitative estimate of drug-likeness (QED) is 0.660. The fraction of sp³-hybridized carbons (Fsp3) is 0.0667. The van der Waals surface area contributed by atoms with E-state index in [0.717, 1.165) is 0 Å². The van der Waals surface area contributed by atoms with Gasteiger partial charge >= 0.3 is 5.97 Å². The summed E-state index contributed by atoms with van der Waals surface area (Å²) in [7, 11) is 0. The number of aromatic amines is 1. The third-order valence-electron chi connectivity index (χ3n) is 3.05. The maximum atomic E-state index is 11.9. The molecule has 0 aliphatic carbocycles. The van der Waals surface area contributed by atoms with E-state index in [1.165, 1.54) is 12.2 Å². The standard InChI is InChI=1S/C15H8N4O3S/c16-7-9-14(23)19-12(22-15(9)21)6-5-11-17-10-4-2-1-3-8(10)13(20)18-11/h1-6,9H,(H,17,18,20)/b6-5-. The summed E-state index contributed by atoms with van der Waals surface area (Å²) < 4.78 is 4.89. The maximum absolute atomic E-state index is 11.9. The molecule has 1 unspecified atom stereocenters. The molecule has 2 heterocycles. The van der Waals surface area contributed by atoms with Crippen LogP contribution in [0.5, 0.6) is 0 Å². The molecule has 1 aromatic carbocycles. The van der Waals surface area contributed by atoms with Crippen LogP contribution in [0.4, 0.5) is 0 Å². The molecule has 0 saturated carbocycles. The van der Waals surface area contributed by atoms with Gasteiger partial charge in [0, 0.05) is 6.08 Å². The van der Waals surface area contributed by atoms with Gasteiger partial charge < -0.3 is 9.72 Å². The van der Waals surface area contributed by atoms with Crippen molar-refractivity contribution in [2.75, 3.05) is 0 Å². The predicted octanol–water partition coefficient (Wildman–Crippen LogP) is 1.36. The number of nitriles is 1. The van der Waals surface area contributed by atoms with Crippen molar-refractivity contribution >= 4 is 46.1 Å². The first kappa shape index (κ1) is 14.7. The number of ether oxygens (including phenoxy) is 1. The number of hydrogen-bond acceptors (Lipinski definition) is 6. The molecule has 2 aromatic rings. The van der Waals surface area contributed by atoms with Crippen LogP contribution in [0.2, 0.25) is 0 Å². The maximum Gasteiger partial charge on any atom is 0.337 e. The molecule has 1 atom stereocenters. The number of carbonyl (C=O) groups is 1. The SMILES string of the molecule is N#CC1C(=O)OC(/C=C\c2nc3ccccc3c(=O)[nH]2)=NC1=S. The highest BCUT2D eigenvalue weighted by Gasteiger charge is 2.30. The lowest BCUT2D eigenvalue weighted by Crippen LogP contribution is -2.30. The number of fused-ring (bicyclic) bond motifs is 1. The van der Waals surface area contributed by atoms with Crippen LogP contribution in [0, 0.1) is 17.2 Å². The lowest BCUT2D eigenvalue weighted by Gasteiger charge is -2.13. The zero-order valence-electron chi connectivity index (χ0n) is 11.5. The molecule has 0 fully saturated rings. The van der Waals surface area contributed by atoms with Crippen LogP contribution in [0.3, 0.4) is 0 Å². The Balaban J connectivity index is 1.92. The van der Waals surface area contributed by atoms with Crippen molar-refractivity contribution in [2.24, 2.45) is 10.9 Å². The largest absolute Gasteiger partial charge is 0.406 e. The van der Waals surface area contributed by atoms with E-state index in [2.05, 4.69) is 15.0 Å². The molecule has 23 heavy (non-hydrogen) atoms. The Morgan fingerprint density at radius 1 is 1.30 bits per heavy atom. The van der Waals surface area contributed by atoms with Gasteiger partial charge in [0.15, 0.2) is 5.92 Å². The van der Waals surface area contributed by atoms with Gasteiger partial charge in [0.05, 0.1) is 17.0 Å². The van der Waals surface area contributed by atoms with Crippen molar-refractivity contribution in [1.29, 1.82) is 5.26 Å². The number of benzene rings is 1. The molecular formula is C15H8N4O3S. The molecule has 1 aliphatic heterocycles. The molecule has 7 nitrogen and oxygen atoms in total. The van der Waals surface area contributed by atoms with E-state index in [-0.39, 0.29) is 22.3 Å². The number of nitrogens with one attached hydrogen (secondary N) is 1. The minimum atomic E-state index is -1.17. The van der Waals surface area contributed by atoms with Crippen LogP contribution >= 0.6 is 12.2 Å². The molecule has 3 rings (SSSR count). The zero-order chi connectivity index (χ0) is 16.4. The van der Waals surface area contributed by atoms with Crippen LogP contribution in [0.1, 0.15) is 5.82 Å². The Hall–Kier alpha value is -3.18. The Labute approximate surface area is 134 Å². The van der Waals surface area contributed by atoms with Crippen molar-refractivity contribution in [3.63, 3.8) is 0 Å². The van der Waals surface area contributed by atoms with Gasteiger partial charge in [-0.15, -0.1) is 0 Å². The predicted molar refractivity (Wildman–Crippen MR) is 86.6 cm³/mol. The van der Waals surface area contributed by atoms with Crippen LogP contribution in [0.15, 0.2) is 40.1 Å². The highest BCUT2D eigenvalue weighted by Crippen LogP contribution is 2.12. The van der Waals surface area contributed by atoms with Gasteiger partial charge in [-0.2, -0.15) is 5.26 Å². The van der Waals surface area contributed by atoms with Gasteiger partial charge in [0.2, 0.25) is 5.90 Å². The molecule has 0 saturated heterocycles. The molecule has 1 N–H and O–H groups in total. The number of esters is 1. The number of aromatic nitrogens is 2. The van der Waals surface area contributed by atoms with E-state index in [4.69, 9.17) is 22.2 Å². The molecule has 8 heteroatoms. The number of nitrogens with zero attached hydrogens (tertiary/aromatic N) is 3. The second-order valence-electron chi connectivity index (χ2n) is 4.57. The van der Waals surface area contributed by atoms with Crippen molar-refractivity contribution in [3.05, 3.63) is 46.5 Å². The van der Waals surface area contributed by atoms with E-state index in [9.17, 15) is 9.59 Å². The van der Waals surface area contributed by atoms with E-state index >= 15 is 0 Å². The van der Waals surface area contributed by atoms with Crippen LogP contribution in [0.25, 0.3) is 17.0 Å². The summed E-state index contributed by atoms with van der Waals surface area (Å²) in [5.74, 6) is -1.71. The number of H-pyrrole nitrogens is 1. The lowest BCUT2D eigenvalue weighted by molar-refractivity contribution is -0.136. The average Bonchev–Trinajstić information content (AvgIpc) is 2.53. The van der Waals surface area contributed by atoms with Gasteiger partial charge in [-0.3, -0.25) is 4.79 Å². The Morgan fingerprint density at radius 2 is 2.09 bits per heavy atom. The summed E-state index contributed by atoms with van der Waals surface area (Å²) in [6, 6.07) is 8.62. The molecule has 0 spiro atoms. The van der Waals surface area contributed by atoms with E-state index in [1.807, 2.05) is 0 Å². The number of carbonyl (C=O) groups excluding carboxylic acids is 1. The van der Waals surface area contributed by atoms with Gasteiger partial charge in [-0.1, -0.05) is 24.4 Å². The van der Waals surface area contributed by atoms with E-state index < -0.39 is 11.9 Å².